The lowest BCUT2D eigenvalue weighted by molar-refractivity contribution is -0.116. The van der Waals surface area contributed by atoms with Crippen LogP contribution in [0.2, 0.25) is 0 Å². The summed E-state index contributed by atoms with van der Waals surface area (Å²) in [6.45, 7) is 3.29. The van der Waals surface area contributed by atoms with Gasteiger partial charge in [0, 0.05) is 36.6 Å². The molecule has 0 spiro atoms. The number of carbonyl (C=O) groups excluding carboxylic acids is 1. The first-order valence-electron chi connectivity index (χ1n) is 10.8. The molecule has 0 saturated heterocycles. The highest BCUT2D eigenvalue weighted by Crippen LogP contribution is 2.44. The molecule has 1 amide bonds. The molecule has 1 aliphatic heterocycles. The molecule has 1 heterocycles. The lowest BCUT2D eigenvalue weighted by Crippen LogP contribution is -2.26. The van der Waals surface area contributed by atoms with Crippen LogP contribution in [0.1, 0.15) is 30.4 Å². The molecular weight excluding hydrogens is 440 g/mol. The molecule has 8 heteroatoms. The van der Waals surface area contributed by atoms with Crippen molar-refractivity contribution in [3.05, 3.63) is 83.9 Å². The minimum Gasteiger partial charge on any atom is -0.457 e. The molecule has 172 valence electrons. The Morgan fingerprint density at radius 2 is 1.55 bits per heavy atom. The van der Waals surface area contributed by atoms with Gasteiger partial charge in [-0.1, -0.05) is 36.4 Å². The Morgan fingerprint density at radius 3 is 2.15 bits per heavy atom. The summed E-state index contributed by atoms with van der Waals surface area (Å²) < 4.78 is 38.7. The van der Waals surface area contributed by atoms with Crippen molar-refractivity contribution in [2.75, 3.05) is 25.1 Å². The predicted octanol–water partition coefficient (Wildman–Crippen LogP) is 4.27. The van der Waals surface area contributed by atoms with E-state index in [1.54, 1.807) is 12.1 Å². The van der Waals surface area contributed by atoms with Crippen molar-refractivity contribution in [1.29, 1.82) is 0 Å². The predicted molar refractivity (Wildman–Crippen MR) is 126 cm³/mol. The average molecular weight is 467 g/mol. The summed E-state index contributed by atoms with van der Waals surface area (Å²) in [5, 5.41) is 2.91. The Morgan fingerprint density at radius 1 is 0.939 bits per heavy atom. The second-order valence-corrected chi connectivity index (χ2v) is 9.34. The van der Waals surface area contributed by atoms with E-state index in [9.17, 15) is 13.2 Å². The molecule has 33 heavy (non-hydrogen) atoms. The van der Waals surface area contributed by atoms with E-state index in [0.29, 0.717) is 43.4 Å². The summed E-state index contributed by atoms with van der Waals surface area (Å²) in [4.78, 5) is 13.4. The van der Waals surface area contributed by atoms with Crippen LogP contribution in [-0.2, 0) is 19.6 Å². The SMILES string of the molecule is CCOCCCNS(=O)(=O)c1ccc(NC(=O)C2c3ccccc3Oc3ccccc32)cc1. The lowest BCUT2D eigenvalue weighted by atomic mass is 9.87. The molecule has 3 aromatic carbocycles. The number of benzene rings is 3. The Kier molecular flexibility index (Phi) is 7.08. The van der Waals surface area contributed by atoms with Gasteiger partial charge in [0.05, 0.1) is 10.8 Å². The molecule has 0 radical (unpaired) electrons. The van der Waals surface area contributed by atoms with Gasteiger partial charge in [0.25, 0.3) is 0 Å². The Labute approximate surface area is 193 Å². The lowest BCUT2D eigenvalue weighted by Gasteiger charge is -2.27. The maximum Gasteiger partial charge on any atom is 0.240 e. The highest BCUT2D eigenvalue weighted by atomic mass is 32.2. The van der Waals surface area contributed by atoms with Crippen molar-refractivity contribution in [3.63, 3.8) is 0 Å². The second-order valence-electron chi connectivity index (χ2n) is 7.57. The molecule has 0 aromatic heterocycles. The molecule has 0 bridgehead atoms. The average Bonchev–Trinajstić information content (AvgIpc) is 2.82. The summed E-state index contributed by atoms with van der Waals surface area (Å²) >= 11 is 0. The summed E-state index contributed by atoms with van der Waals surface area (Å²) in [5.41, 5.74) is 2.07. The van der Waals surface area contributed by atoms with Crippen LogP contribution in [0.5, 0.6) is 11.5 Å². The van der Waals surface area contributed by atoms with E-state index in [0.717, 1.165) is 11.1 Å². The first-order chi connectivity index (χ1) is 16.0. The zero-order valence-corrected chi connectivity index (χ0v) is 19.1. The van der Waals surface area contributed by atoms with Gasteiger partial charge in [0.1, 0.15) is 11.5 Å². The first-order valence-corrected chi connectivity index (χ1v) is 12.3. The molecule has 0 aliphatic carbocycles. The number of amides is 1. The third-order valence-corrected chi connectivity index (χ3v) is 6.81. The fraction of sp³-hybridized carbons (Fsp3) is 0.240. The number of fused-ring (bicyclic) bond motifs is 2. The van der Waals surface area contributed by atoms with Gasteiger partial charge in [0.2, 0.25) is 15.9 Å². The van der Waals surface area contributed by atoms with E-state index < -0.39 is 15.9 Å². The largest absolute Gasteiger partial charge is 0.457 e. The van der Waals surface area contributed by atoms with E-state index >= 15 is 0 Å². The van der Waals surface area contributed by atoms with Crippen LogP contribution in [0, 0.1) is 0 Å². The minimum atomic E-state index is -3.63. The van der Waals surface area contributed by atoms with Gasteiger partial charge >= 0.3 is 0 Å². The number of ether oxygens (including phenoxy) is 2. The van der Waals surface area contributed by atoms with Gasteiger partial charge in [0.15, 0.2) is 0 Å². The number of hydrogen-bond donors (Lipinski definition) is 2. The van der Waals surface area contributed by atoms with Gasteiger partial charge < -0.3 is 14.8 Å². The van der Waals surface area contributed by atoms with Crippen LogP contribution in [0.4, 0.5) is 5.69 Å². The van der Waals surface area contributed by atoms with Crippen LogP contribution in [-0.4, -0.2) is 34.1 Å². The standard InChI is InChI=1S/C25H26N2O5S/c1-2-31-17-7-16-26-33(29,30)19-14-12-18(13-15-19)27-25(28)24-20-8-3-5-10-22(20)32-23-11-6-4-9-21(23)24/h3-6,8-15,24,26H,2,7,16-17H2,1H3,(H,27,28). The van der Waals surface area contributed by atoms with Gasteiger partial charge in [-0.25, -0.2) is 13.1 Å². The van der Waals surface area contributed by atoms with E-state index in [-0.39, 0.29) is 10.8 Å². The summed E-state index contributed by atoms with van der Waals surface area (Å²) in [7, 11) is -3.63. The maximum atomic E-state index is 13.3. The van der Waals surface area contributed by atoms with Crippen molar-refractivity contribution in [2.24, 2.45) is 0 Å². The van der Waals surface area contributed by atoms with Crippen LogP contribution in [0.15, 0.2) is 77.7 Å². The molecule has 4 rings (SSSR count). The van der Waals surface area contributed by atoms with E-state index in [1.165, 1.54) is 12.1 Å². The normalized spacial score (nSPS) is 13.0. The van der Waals surface area contributed by atoms with Crippen LogP contribution in [0.3, 0.4) is 0 Å². The van der Waals surface area contributed by atoms with Crippen molar-refractivity contribution in [1.82, 2.24) is 4.72 Å². The zero-order chi connectivity index (χ0) is 23.3. The molecule has 2 N–H and O–H groups in total. The summed E-state index contributed by atoms with van der Waals surface area (Å²) in [6, 6.07) is 21.0. The molecular formula is C25H26N2O5S. The number of hydrogen-bond acceptors (Lipinski definition) is 5. The van der Waals surface area contributed by atoms with E-state index in [2.05, 4.69) is 10.0 Å². The van der Waals surface area contributed by atoms with Crippen molar-refractivity contribution in [2.45, 2.75) is 24.2 Å². The fourth-order valence-corrected chi connectivity index (χ4v) is 4.81. The third kappa shape index (κ3) is 5.24. The molecule has 0 unspecified atom stereocenters. The molecule has 1 aliphatic rings. The van der Waals surface area contributed by atoms with Gasteiger partial charge in [-0.2, -0.15) is 0 Å². The van der Waals surface area contributed by atoms with Gasteiger partial charge in [-0.15, -0.1) is 0 Å². The molecule has 3 aromatic rings. The number of rotatable bonds is 9. The Hall–Kier alpha value is -3.20. The second kappa shape index (κ2) is 10.2. The van der Waals surface area contributed by atoms with E-state index in [1.807, 2.05) is 55.5 Å². The van der Waals surface area contributed by atoms with Crippen molar-refractivity contribution >= 4 is 21.6 Å². The monoisotopic (exact) mass is 466 g/mol. The number of carbonyl (C=O) groups is 1. The van der Waals surface area contributed by atoms with Gasteiger partial charge in [-0.05, 0) is 49.7 Å². The Bertz CT molecular complexity index is 1180. The fourth-order valence-electron chi connectivity index (χ4n) is 3.73. The van der Waals surface area contributed by atoms with Crippen molar-refractivity contribution < 1.29 is 22.7 Å². The van der Waals surface area contributed by atoms with Crippen LogP contribution < -0.4 is 14.8 Å². The van der Waals surface area contributed by atoms with E-state index in [4.69, 9.17) is 9.47 Å². The highest BCUT2D eigenvalue weighted by molar-refractivity contribution is 7.89. The molecule has 7 nitrogen and oxygen atoms in total. The highest BCUT2D eigenvalue weighted by Gasteiger charge is 2.32. The first kappa shape index (κ1) is 23.0. The summed E-state index contributed by atoms with van der Waals surface area (Å²) in [5.74, 6) is 0.533. The Balaban J connectivity index is 1.48. The number of anilines is 1. The zero-order valence-electron chi connectivity index (χ0n) is 18.3. The van der Waals surface area contributed by atoms with Gasteiger partial charge in [-0.3, -0.25) is 4.79 Å². The van der Waals surface area contributed by atoms with Crippen molar-refractivity contribution in [3.8, 4) is 11.5 Å². The smallest absolute Gasteiger partial charge is 0.240 e. The maximum absolute atomic E-state index is 13.3. The quantitative estimate of drug-likeness (QED) is 0.460. The number of sulfonamides is 1. The molecule has 0 fully saturated rings. The topological polar surface area (TPSA) is 93.7 Å². The van der Waals surface area contributed by atoms with Crippen LogP contribution >= 0.6 is 0 Å². The number of nitrogens with one attached hydrogen (secondary N) is 2. The molecule has 0 saturated carbocycles. The minimum absolute atomic E-state index is 0.138. The third-order valence-electron chi connectivity index (χ3n) is 5.34. The van der Waals surface area contributed by atoms with Crippen LogP contribution in [0.25, 0.3) is 0 Å². The summed E-state index contributed by atoms with van der Waals surface area (Å²) in [6.07, 6.45) is 0.593. The molecule has 0 atom stereocenters. The number of para-hydroxylation sites is 2.